The van der Waals surface area contributed by atoms with Gasteiger partial charge in [-0.05, 0) is 24.5 Å². The molecule has 2 rings (SSSR count). The lowest BCUT2D eigenvalue weighted by Gasteiger charge is -2.42. The van der Waals surface area contributed by atoms with Gasteiger partial charge in [0.15, 0.2) is 0 Å². The lowest BCUT2D eigenvalue weighted by atomic mass is 9.65. The summed E-state index contributed by atoms with van der Waals surface area (Å²) in [5.41, 5.74) is 1.72. The van der Waals surface area contributed by atoms with E-state index in [9.17, 15) is 0 Å². The number of methoxy groups -OCH3 is 1. The van der Waals surface area contributed by atoms with Gasteiger partial charge in [0.2, 0.25) is 0 Å². The maximum Gasteiger partial charge on any atom is 0.0587 e. The van der Waals surface area contributed by atoms with Crippen LogP contribution in [0, 0.1) is 0 Å². The third-order valence-corrected chi connectivity index (χ3v) is 3.53. The Morgan fingerprint density at radius 1 is 1.50 bits per heavy atom. The number of ether oxygens (including phenoxy) is 1. The molecule has 1 heterocycles. The van der Waals surface area contributed by atoms with E-state index in [1.165, 1.54) is 24.8 Å². The third-order valence-electron chi connectivity index (χ3n) is 3.53. The minimum Gasteiger partial charge on any atom is -0.383 e. The molecule has 16 heavy (non-hydrogen) atoms. The van der Waals surface area contributed by atoms with Crippen molar-refractivity contribution in [2.75, 3.05) is 26.8 Å². The molecule has 1 saturated carbocycles. The molecule has 1 fully saturated rings. The topological polar surface area (TPSA) is 34.1 Å². The summed E-state index contributed by atoms with van der Waals surface area (Å²) in [5, 5.41) is 3.47. The van der Waals surface area contributed by atoms with E-state index in [0.717, 1.165) is 19.7 Å². The van der Waals surface area contributed by atoms with Crippen LogP contribution in [0.25, 0.3) is 0 Å². The molecule has 3 heteroatoms. The number of nitrogens with one attached hydrogen (secondary N) is 1. The molecule has 1 aromatic rings. The summed E-state index contributed by atoms with van der Waals surface area (Å²) < 4.78 is 5.04. The van der Waals surface area contributed by atoms with Crippen molar-refractivity contribution in [2.45, 2.75) is 24.7 Å². The number of rotatable bonds is 6. The van der Waals surface area contributed by atoms with Gasteiger partial charge in [0.1, 0.15) is 0 Å². The van der Waals surface area contributed by atoms with Crippen LogP contribution in [0.5, 0.6) is 0 Å². The number of pyridine rings is 1. The summed E-state index contributed by atoms with van der Waals surface area (Å²) in [7, 11) is 1.74. The molecule has 0 atom stereocenters. The number of hydrogen-bond acceptors (Lipinski definition) is 3. The van der Waals surface area contributed by atoms with Crippen molar-refractivity contribution in [2.24, 2.45) is 0 Å². The average Bonchev–Trinajstić information content (AvgIpc) is 2.28. The van der Waals surface area contributed by atoms with E-state index in [2.05, 4.69) is 16.4 Å². The lowest BCUT2D eigenvalue weighted by molar-refractivity contribution is 0.185. The van der Waals surface area contributed by atoms with E-state index in [0.29, 0.717) is 5.41 Å². The number of nitrogens with zero attached hydrogens (tertiary/aromatic N) is 1. The molecule has 88 valence electrons. The second-order valence-corrected chi connectivity index (χ2v) is 4.55. The third kappa shape index (κ3) is 2.42. The van der Waals surface area contributed by atoms with Crippen LogP contribution in [0.1, 0.15) is 24.8 Å². The Balaban J connectivity index is 1.92. The molecule has 0 spiro atoms. The molecule has 0 aromatic carbocycles. The van der Waals surface area contributed by atoms with Crippen molar-refractivity contribution in [3.8, 4) is 0 Å². The van der Waals surface area contributed by atoms with E-state index < -0.39 is 0 Å². The summed E-state index contributed by atoms with van der Waals surface area (Å²) in [4.78, 5) is 4.22. The summed E-state index contributed by atoms with van der Waals surface area (Å²) in [5.74, 6) is 0. The van der Waals surface area contributed by atoms with Gasteiger partial charge in [0.25, 0.3) is 0 Å². The lowest BCUT2D eigenvalue weighted by Crippen LogP contribution is -2.44. The van der Waals surface area contributed by atoms with Crippen LogP contribution in [-0.4, -0.2) is 31.8 Å². The maximum absolute atomic E-state index is 5.04. The van der Waals surface area contributed by atoms with Crippen molar-refractivity contribution in [3.05, 3.63) is 30.1 Å². The van der Waals surface area contributed by atoms with Gasteiger partial charge in [-0.25, -0.2) is 0 Å². The summed E-state index contributed by atoms with van der Waals surface area (Å²) in [6.07, 6.45) is 7.74. The molecule has 0 bridgehead atoms. The molecular weight excluding hydrogens is 200 g/mol. The smallest absolute Gasteiger partial charge is 0.0587 e. The van der Waals surface area contributed by atoms with Crippen molar-refractivity contribution < 1.29 is 4.74 Å². The van der Waals surface area contributed by atoms with Gasteiger partial charge in [0.05, 0.1) is 6.61 Å². The Morgan fingerprint density at radius 2 is 2.38 bits per heavy atom. The van der Waals surface area contributed by atoms with Gasteiger partial charge >= 0.3 is 0 Å². The predicted molar refractivity (Wildman–Crippen MR) is 64.5 cm³/mol. The Kier molecular flexibility index (Phi) is 3.91. The van der Waals surface area contributed by atoms with Gasteiger partial charge in [-0.3, -0.25) is 4.98 Å². The molecule has 0 saturated heterocycles. The maximum atomic E-state index is 5.04. The Labute approximate surface area is 97.2 Å². The fourth-order valence-electron chi connectivity index (χ4n) is 2.35. The van der Waals surface area contributed by atoms with Crippen LogP contribution < -0.4 is 5.32 Å². The monoisotopic (exact) mass is 220 g/mol. The van der Waals surface area contributed by atoms with Crippen molar-refractivity contribution in [1.29, 1.82) is 0 Å². The molecule has 0 radical (unpaired) electrons. The fraction of sp³-hybridized carbons (Fsp3) is 0.615. The van der Waals surface area contributed by atoms with E-state index in [4.69, 9.17) is 4.74 Å². The van der Waals surface area contributed by atoms with Crippen LogP contribution in [0.15, 0.2) is 24.5 Å². The average molecular weight is 220 g/mol. The first-order chi connectivity index (χ1) is 7.87. The van der Waals surface area contributed by atoms with E-state index in [-0.39, 0.29) is 0 Å². The highest BCUT2D eigenvalue weighted by Crippen LogP contribution is 2.42. The Morgan fingerprint density at radius 3 is 2.94 bits per heavy atom. The largest absolute Gasteiger partial charge is 0.383 e. The van der Waals surface area contributed by atoms with Crippen LogP contribution in [0.2, 0.25) is 0 Å². The van der Waals surface area contributed by atoms with Gasteiger partial charge < -0.3 is 10.1 Å². The molecule has 0 aliphatic heterocycles. The highest BCUT2D eigenvalue weighted by molar-refractivity contribution is 5.25. The summed E-state index contributed by atoms with van der Waals surface area (Å²) in [6.45, 7) is 2.75. The first kappa shape index (κ1) is 11.6. The second kappa shape index (κ2) is 5.41. The van der Waals surface area contributed by atoms with Crippen molar-refractivity contribution in [1.82, 2.24) is 10.3 Å². The van der Waals surface area contributed by atoms with Crippen LogP contribution >= 0.6 is 0 Å². The van der Waals surface area contributed by atoms with Crippen LogP contribution in [0.3, 0.4) is 0 Å². The predicted octanol–water partition coefficient (Wildman–Crippen LogP) is 1.74. The first-order valence-electron chi connectivity index (χ1n) is 5.98. The van der Waals surface area contributed by atoms with Gasteiger partial charge in [0, 0.05) is 38.0 Å². The standard InChI is InChI=1S/C13H20N2O/c1-16-9-8-15-11-13(5-3-6-13)12-4-2-7-14-10-12/h2,4,7,10,15H,3,5-6,8-9,11H2,1H3. The molecule has 0 amide bonds. The van der Waals surface area contributed by atoms with Crippen LogP contribution in [-0.2, 0) is 10.2 Å². The normalized spacial score (nSPS) is 18.1. The first-order valence-corrected chi connectivity index (χ1v) is 5.98. The van der Waals surface area contributed by atoms with Gasteiger partial charge in [-0.15, -0.1) is 0 Å². The van der Waals surface area contributed by atoms with Crippen LogP contribution in [0.4, 0.5) is 0 Å². The van der Waals surface area contributed by atoms with Gasteiger partial charge in [-0.1, -0.05) is 12.5 Å². The second-order valence-electron chi connectivity index (χ2n) is 4.55. The zero-order valence-electron chi connectivity index (χ0n) is 9.91. The molecule has 3 nitrogen and oxygen atoms in total. The summed E-state index contributed by atoms with van der Waals surface area (Å²) >= 11 is 0. The Hall–Kier alpha value is -0.930. The van der Waals surface area contributed by atoms with E-state index in [1.807, 2.05) is 18.5 Å². The summed E-state index contributed by atoms with van der Waals surface area (Å²) in [6, 6.07) is 4.23. The molecule has 0 unspecified atom stereocenters. The zero-order chi connectivity index (χ0) is 11.3. The fourth-order valence-corrected chi connectivity index (χ4v) is 2.35. The molecule has 1 aliphatic rings. The minimum atomic E-state index is 0.335. The van der Waals surface area contributed by atoms with Gasteiger partial charge in [-0.2, -0.15) is 0 Å². The van der Waals surface area contributed by atoms with E-state index in [1.54, 1.807) is 7.11 Å². The quantitative estimate of drug-likeness (QED) is 0.741. The molecular formula is C13H20N2O. The highest BCUT2D eigenvalue weighted by Gasteiger charge is 2.38. The van der Waals surface area contributed by atoms with Crippen molar-refractivity contribution >= 4 is 0 Å². The SMILES string of the molecule is COCCNCC1(c2cccnc2)CCC1. The van der Waals surface area contributed by atoms with E-state index >= 15 is 0 Å². The molecule has 1 aliphatic carbocycles. The zero-order valence-corrected chi connectivity index (χ0v) is 9.91. The minimum absolute atomic E-state index is 0.335. The Bertz CT molecular complexity index is 309. The highest BCUT2D eigenvalue weighted by atomic mass is 16.5. The molecule has 1 N–H and O–H groups in total. The van der Waals surface area contributed by atoms with Crippen molar-refractivity contribution in [3.63, 3.8) is 0 Å². The number of aromatic nitrogens is 1. The number of hydrogen-bond donors (Lipinski definition) is 1. The molecule has 1 aromatic heterocycles.